The van der Waals surface area contributed by atoms with Gasteiger partial charge in [0.15, 0.2) is 11.5 Å². The lowest BCUT2D eigenvalue weighted by atomic mass is 9.97. The molecular weight excluding hydrogens is 414 g/mol. The Kier molecular flexibility index (Phi) is 5.99. The number of benzene rings is 2. The zero-order valence-electron chi connectivity index (χ0n) is 18.2. The van der Waals surface area contributed by atoms with Gasteiger partial charge in [0.1, 0.15) is 5.75 Å². The predicted octanol–water partition coefficient (Wildman–Crippen LogP) is 4.84. The van der Waals surface area contributed by atoms with E-state index >= 15 is 0 Å². The van der Waals surface area contributed by atoms with Gasteiger partial charge in [-0.05, 0) is 36.8 Å². The van der Waals surface area contributed by atoms with Crippen molar-refractivity contribution < 1.29 is 18.9 Å². The predicted molar refractivity (Wildman–Crippen MR) is 122 cm³/mol. The van der Waals surface area contributed by atoms with Gasteiger partial charge in [-0.15, -0.1) is 11.3 Å². The zero-order chi connectivity index (χ0) is 22.0. The number of nitrogens with zero attached hydrogens (tertiary/aromatic N) is 3. The molecule has 0 saturated carbocycles. The van der Waals surface area contributed by atoms with Crippen LogP contribution in [0.4, 0.5) is 5.13 Å². The van der Waals surface area contributed by atoms with Gasteiger partial charge in [0.25, 0.3) is 0 Å². The molecule has 31 heavy (non-hydrogen) atoms. The molecule has 8 heteroatoms. The van der Waals surface area contributed by atoms with Crippen molar-refractivity contribution in [2.75, 3.05) is 33.4 Å². The zero-order valence-corrected chi connectivity index (χ0v) is 19.0. The van der Waals surface area contributed by atoms with E-state index in [2.05, 4.69) is 4.98 Å². The quantitative estimate of drug-likeness (QED) is 0.525. The Hall–Kier alpha value is -3.26. The van der Waals surface area contributed by atoms with Crippen LogP contribution in [0.5, 0.6) is 23.0 Å². The maximum absolute atomic E-state index is 5.58. The summed E-state index contributed by atoms with van der Waals surface area (Å²) in [5, 5.41) is 9.81. The number of aryl methyl sites for hydroxylation is 1. The minimum Gasteiger partial charge on any atom is -0.497 e. The number of aromatic nitrogens is 1. The van der Waals surface area contributed by atoms with E-state index in [1.54, 1.807) is 39.8 Å². The minimum absolute atomic E-state index is 0.0690. The number of hydrazone groups is 1. The molecule has 0 fully saturated rings. The normalized spacial score (nSPS) is 15.6. The third-order valence-electron chi connectivity index (χ3n) is 5.19. The molecule has 0 N–H and O–H groups in total. The Bertz CT molecular complexity index is 1090. The lowest BCUT2D eigenvalue weighted by Crippen LogP contribution is -2.18. The summed E-state index contributed by atoms with van der Waals surface area (Å²) in [6, 6.07) is 11.8. The molecule has 0 aliphatic carbocycles. The third-order valence-corrected chi connectivity index (χ3v) is 6.14. The van der Waals surface area contributed by atoms with Crippen molar-refractivity contribution in [3.63, 3.8) is 0 Å². The number of thiazole rings is 1. The molecule has 0 spiro atoms. The Morgan fingerprint density at radius 2 is 1.71 bits per heavy atom. The first kappa shape index (κ1) is 21.0. The summed E-state index contributed by atoms with van der Waals surface area (Å²) < 4.78 is 22.0. The van der Waals surface area contributed by atoms with Crippen LogP contribution >= 0.6 is 11.3 Å². The molecule has 0 radical (unpaired) electrons. The highest BCUT2D eigenvalue weighted by Crippen LogP contribution is 2.44. The highest BCUT2D eigenvalue weighted by atomic mass is 32.1. The highest BCUT2D eigenvalue weighted by molar-refractivity contribution is 7.13. The van der Waals surface area contributed by atoms with Gasteiger partial charge in [0, 0.05) is 17.4 Å². The van der Waals surface area contributed by atoms with Crippen molar-refractivity contribution in [3.05, 3.63) is 58.6 Å². The molecule has 1 aliphatic rings. The van der Waals surface area contributed by atoms with Crippen LogP contribution in [0.3, 0.4) is 0 Å². The summed E-state index contributed by atoms with van der Waals surface area (Å²) in [6.07, 6.45) is 0.699. The molecule has 7 nitrogen and oxygen atoms in total. The fourth-order valence-corrected chi connectivity index (χ4v) is 4.47. The average molecular weight is 440 g/mol. The lowest BCUT2D eigenvalue weighted by molar-refractivity contribution is 0.323. The molecule has 0 bridgehead atoms. The smallest absolute Gasteiger partial charge is 0.206 e. The Morgan fingerprint density at radius 1 is 0.968 bits per heavy atom. The number of ether oxygens (including phenoxy) is 4. The third kappa shape index (κ3) is 4.03. The standard InChI is InChI=1S/C23H25N3O4S/c1-14-13-31-23(24-14)26-19(12-18(25-26)15-7-6-8-17(9-15)27-2)16-10-20(28-3)22(30-5)21(11-16)29-4/h6-11,13,19H,12H2,1-5H3. The first-order chi connectivity index (χ1) is 15.1. The summed E-state index contributed by atoms with van der Waals surface area (Å²) in [5.74, 6) is 2.59. The van der Waals surface area contributed by atoms with Crippen molar-refractivity contribution in [2.45, 2.75) is 19.4 Å². The topological polar surface area (TPSA) is 65.4 Å². The SMILES string of the molecule is COc1cccc(C2=NN(c3nc(C)cs3)C(c3cc(OC)c(OC)c(OC)c3)C2)c1. The van der Waals surface area contributed by atoms with Gasteiger partial charge in [0.2, 0.25) is 10.9 Å². The number of rotatable bonds is 7. The van der Waals surface area contributed by atoms with Crippen molar-refractivity contribution >= 4 is 22.2 Å². The first-order valence-electron chi connectivity index (χ1n) is 9.81. The lowest BCUT2D eigenvalue weighted by Gasteiger charge is -2.23. The minimum atomic E-state index is -0.0690. The Balaban J connectivity index is 1.79. The van der Waals surface area contributed by atoms with Crippen molar-refractivity contribution in [1.82, 2.24) is 4.98 Å². The molecule has 3 aromatic rings. The molecule has 4 rings (SSSR count). The molecule has 162 valence electrons. The van der Waals surface area contributed by atoms with Gasteiger partial charge in [-0.1, -0.05) is 12.1 Å². The van der Waals surface area contributed by atoms with Gasteiger partial charge in [-0.25, -0.2) is 9.99 Å². The summed E-state index contributed by atoms with van der Waals surface area (Å²) in [5.41, 5.74) is 3.95. The number of anilines is 1. The van der Waals surface area contributed by atoms with Crippen molar-refractivity contribution in [1.29, 1.82) is 0 Å². The fraction of sp³-hybridized carbons (Fsp3) is 0.304. The molecule has 2 aromatic carbocycles. The van der Waals surface area contributed by atoms with E-state index in [0.717, 1.165) is 33.4 Å². The van der Waals surface area contributed by atoms with E-state index in [1.807, 2.05) is 53.7 Å². The van der Waals surface area contributed by atoms with E-state index in [9.17, 15) is 0 Å². The van der Waals surface area contributed by atoms with E-state index in [-0.39, 0.29) is 6.04 Å². The summed E-state index contributed by atoms with van der Waals surface area (Å²) in [7, 11) is 6.51. The maximum atomic E-state index is 5.58. The molecule has 0 amide bonds. The van der Waals surface area contributed by atoms with Crippen LogP contribution in [-0.2, 0) is 0 Å². The molecule has 1 aliphatic heterocycles. The van der Waals surface area contributed by atoms with Crippen LogP contribution in [0.1, 0.15) is 29.3 Å². The second-order valence-electron chi connectivity index (χ2n) is 7.07. The number of hydrogen-bond donors (Lipinski definition) is 0. The molecule has 0 saturated heterocycles. The number of methoxy groups -OCH3 is 4. The van der Waals surface area contributed by atoms with Gasteiger partial charge in [-0.3, -0.25) is 0 Å². The van der Waals surface area contributed by atoms with Gasteiger partial charge in [-0.2, -0.15) is 5.10 Å². The summed E-state index contributed by atoms with van der Waals surface area (Å²) in [4.78, 5) is 4.67. The van der Waals surface area contributed by atoms with Gasteiger partial charge >= 0.3 is 0 Å². The van der Waals surface area contributed by atoms with Crippen LogP contribution in [0, 0.1) is 6.92 Å². The largest absolute Gasteiger partial charge is 0.497 e. The summed E-state index contributed by atoms with van der Waals surface area (Å²) in [6.45, 7) is 1.98. The first-order valence-corrected chi connectivity index (χ1v) is 10.7. The Morgan fingerprint density at radius 3 is 2.29 bits per heavy atom. The summed E-state index contributed by atoms with van der Waals surface area (Å²) >= 11 is 1.57. The average Bonchev–Trinajstić information content (AvgIpc) is 3.44. The van der Waals surface area contributed by atoms with Crippen LogP contribution in [0.25, 0.3) is 0 Å². The van der Waals surface area contributed by atoms with Crippen molar-refractivity contribution in [3.8, 4) is 23.0 Å². The van der Waals surface area contributed by atoms with Crippen molar-refractivity contribution in [2.24, 2.45) is 5.10 Å². The molecule has 1 atom stereocenters. The molecule has 1 unspecified atom stereocenters. The fourth-order valence-electron chi connectivity index (χ4n) is 3.66. The van der Waals surface area contributed by atoms with E-state index in [1.165, 1.54) is 0 Å². The molecule has 1 aromatic heterocycles. The van der Waals surface area contributed by atoms with E-state index in [0.29, 0.717) is 23.7 Å². The highest BCUT2D eigenvalue weighted by Gasteiger charge is 2.33. The van der Waals surface area contributed by atoms with Crippen LogP contribution in [0.2, 0.25) is 0 Å². The van der Waals surface area contributed by atoms with Gasteiger partial charge < -0.3 is 18.9 Å². The van der Waals surface area contributed by atoms with E-state index < -0.39 is 0 Å². The monoisotopic (exact) mass is 439 g/mol. The van der Waals surface area contributed by atoms with Crippen LogP contribution in [0.15, 0.2) is 46.9 Å². The van der Waals surface area contributed by atoms with E-state index in [4.69, 9.17) is 24.0 Å². The van der Waals surface area contributed by atoms with Crippen LogP contribution < -0.4 is 24.0 Å². The molecule has 2 heterocycles. The van der Waals surface area contributed by atoms with Crippen LogP contribution in [-0.4, -0.2) is 39.1 Å². The molecular formula is C23H25N3O4S. The van der Waals surface area contributed by atoms with Gasteiger partial charge in [0.05, 0.1) is 45.9 Å². The number of hydrogen-bond acceptors (Lipinski definition) is 8. The maximum Gasteiger partial charge on any atom is 0.206 e. The Labute approximate surface area is 185 Å². The second-order valence-corrected chi connectivity index (χ2v) is 7.91. The second kappa shape index (κ2) is 8.85.